The Morgan fingerprint density at radius 3 is 2.84 bits per heavy atom. The van der Waals surface area contributed by atoms with Gasteiger partial charge in [-0.1, -0.05) is 0 Å². The molecule has 0 bridgehead atoms. The summed E-state index contributed by atoms with van der Waals surface area (Å²) in [5.74, 6) is 0.774. The predicted molar refractivity (Wildman–Crippen MR) is 80.7 cm³/mol. The molecule has 1 N–H and O–H groups in total. The summed E-state index contributed by atoms with van der Waals surface area (Å²) in [6.07, 6.45) is 3.98. The number of rotatable bonds is 7. The second-order valence-electron chi connectivity index (χ2n) is 3.88. The lowest BCUT2D eigenvalue weighted by atomic mass is 10.2. The molecule has 0 heterocycles. The maximum atomic E-state index is 11.9. The van der Waals surface area contributed by atoms with E-state index in [4.69, 9.17) is 0 Å². The van der Waals surface area contributed by atoms with Gasteiger partial charge in [0, 0.05) is 23.2 Å². The van der Waals surface area contributed by atoms with E-state index in [9.17, 15) is 14.9 Å². The molecule has 1 aromatic rings. The molecule has 7 heteroatoms. The van der Waals surface area contributed by atoms with Crippen LogP contribution in [0.4, 0.5) is 5.69 Å². The molecule has 1 rings (SSSR count). The highest BCUT2D eigenvalue weighted by Crippen LogP contribution is 2.22. The summed E-state index contributed by atoms with van der Waals surface area (Å²) in [4.78, 5) is 22.1. The Labute approximate surface area is 124 Å². The molecule has 0 unspecified atom stereocenters. The van der Waals surface area contributed by atoms with Gasteiger partial charge in [-0.3, -0.25) is 14.9 Å². The molecule has 0 radical (unpaired) electrons. The number of carbonyl (C=O) groups excluding carboxylic acids is 1. The van der Waals surface area contributed by atoms with Crippen LogP contribution in [0, 0.1) is 10.1 Å². The van der Waals surface area contributed by atoms with Crippen molar-refractivity contribution in [3.05, 3.63) is 38.3 Å². The zero-order chi connectivity index (χ0) is 14.3. The standard InChI is InChI=1S/C12H15BrN2O3S/c1-19-7-3-2-6-14-12(16)10-8-9(15(17)18)4-5-11(10)13/h4-5,8H,2-3,6-7H2,1H3,(H,14,16). The number of benzene rings is 1. The number of nitrogens with one attached hydrogen (secondary N) is 1. The van der Waals surface area contributed by atoms with Gasteiger partial charge < -0.3 is 5.32 Å². The molecule has 1 aromatic carbocycles. The Balaban J connectivity index is 2.61. The molecule has 0 aromatic heterocycles. The zero-order valence-electron chi connectivity index (χ0n) is 10.5. The molecule has 0 saturated heterocycles. The largest absolute Gasteiger partial charge is 0.352 e. The molecule has 0 atom stereocenters. The van der Waals surface area contributed by atoms with Crippen molar-refractivity contribution in [1.29, 1.82) is 0 Å². The number of nitrogens with zero attached hydrogens (tertiary/aromatic N) is 1. The highest BCUT2D eigenvalue weighted by molar-refractivity contribution is 9.10. The molecule has 0 saturated carbocycles. The maximum Gasteiger partial charge on any atom is 0.270 e. The zero-order valence-corrected chi connectivity index (χ0v) is 12.9. The third-order valence-electron chi connectivity index (χ3n) is 2.47. The number of unbranched alkanes of at least 4 members (excludes halogenated alkanes) is 1. The highest BCUT2D eigenvalue weighted by atomic mass is 79.9. The Morgan fingerprint density at radius 2 is 2.21 bits per heavy atom. The van der Waals surface area contributed by atoms with Crippen molar-refractivity contribution in [3.8, 4) is 0 Å². The van der Waals surface area contributed by atoms with E-state index in [1.165, 1.54) is 18.2 Å². The number of halogens is 1. The van der Waals surface area contributed by atoms with Crippen LogP contribution in [0.25, 0.3) is 0 Å². The first-order chi connectivity index (χ1) is 9.06. The van der Waals surface area contributed by atoms with Crippen molar-refractivity contribution in [2.24, 2.45) is 0 Å². The van der Waals surface area contributed by atoms with E-state index in [1.54, 1.807) is 11.8 Å². The van der Waals surface area contributed by atoms with Crippen LogP contribution in [0.1, 0.15) is 23.2 Å². The number of nitro groups is 1. The Morgan fingerprint density at radius 1 is 1.47 bits per heavy atom. The molecule has 0 fully saturated rings. The lowest BCUT2D eigenvalue weighted by Crippen LogP contribution is -2.25. The van der Waals surface area contributed by atoms with Crippen molar-refractivity contribution < 1.29 is 9.72 Å². The van der Waals surface area contributed by atoms with Gasteiger partial charge in [-0.2, -0.15) is 11.8 Å². The molecule has 0 spiro atoms. The van der Waals surface area contributed by atoms with E-state index in [-0.39, 0.29) is 11.6 Å². The van der Waals surface area contributed by atoms with E-state index < -0.39 is 4.92 Å². The third-order valence-corrected chi connectivity index (χ3v) is 3.85. The summed E-state index contributed by atoms with van der Waals surface area (Å²) in [6.45, 7) is 0.578. The first-order valence-electron chi connectivity index (χ1n) is 5.77. The number of carbonyl (C=O) groups is 1. The smallest absolute Gasteiger partial charge is 0.270 e. The molecular weight excluding hydrogens is 332 g/mol. The SMILES string of the molecule is CSCCCCNC(=O)c1cc([N+](=O)[O-])ccc1Br. The molecule has 19 heavy (non-hydrogen) atoms. The average Bonchev–Trinajstić information content (AvgIpc) is 2.38. The van der Waals surface area contributed by atoms with Gasteiger partial charge in [0.2, 0.25) is 0 Å². The van der Waals surface area contributed by atoms with E-state index in [0.717, 1.165) is 18.6 Å². The van der Waals surface area contributed by atoms with Gasteiger partial charge in [0.1, 0.15) is 0 Å². The van der Waals surface area contributed by atoms with Gasteiger partial charge in [-0.15, -0.1) is 0 Å². The lowest BCUT2D eigenvalue weighted by molar-refractivity contribution is -0.384. The second kappa shape index (κ2) is 8.16. The van der Waals surface area contributed by atoms with Crippen molar-refractivity contribution in [3.63, 3.8) is 0 Å². The van der Waals surface area contributed by atoms with E-state index in [1.807, 2.05) is 6.26 Å². The molecule has 0 aliphatic heterocycles. The monoisotopic (exact) mass is 346 g/mol. The quantitative estimate of drug-likeness (QED) is 0.467. The lowest BCUT2D eigenvalue weighted by Gasteiger charge is -2.06. The van der Waals surface area contributed by atoms with Crippen LogP contribution in [-0.2, 0) is 0 Å². The fraction of sp³-hybridized carbons (Fsp3) is 0.417. The van der Waals surface area contributed by atoms with Crippen LogP contribution in [0.3, 0.4) is 0 Å². The first kappa shape index (κ1) is 16.0. The van der Waals surface area contributed by atoms with Gasteiger partial charge in [-0.05, 0) is 46.8 Å². The Bertz CT molecular complexity index is 468. The predicted octanol–water partition coefficient (Wildman–Crippen LogP) is 3.23. The van der Waals surface area contributed by atoms with Gasteiger partial charge in [0.05, 0.1) is 10.5 Å². The minimum Gasteiger partial charge on any atom is -0.352 e. The minimum atomic E-state index is -0.512. The third kappa shape index (κ3) is 5.20. The Hall–Kier alpha value is -1.08. The van der Waals surface area contributed by atoms with Gasteiger partial charge in [0.25, 0.3) is 11.6 Å². The van der Waals surface area contributed by atoms with Gasteiger partial charge >= 0.3 is 0 Å². The average molecular weight is 347 g/mol. The van der Waals surface area contributed by atoms with Crippen LogP contribution in [0.2, 0.25) is 0 Å². The summed E-state index contributed by atoms with van der Waals surface area (Å²) in [7, 11) is 0. The topological polar surface area (TPSA) is 72.2 Å². The second-order valence-corrected chi connectivity index (χ2v) is 5.72. The molecule has 0 aliphatic rings. The first-order valence-corrected chi connectivity index (χ1v) is 7.96. The Kier molecular flexibility index (Phi) is 6.86. The van der Waals surface area contributed by atoms with Crippen molar-refractivity contribution in [2.45, 2.75) is 12.8 Å². The summed E-state index contributed by atoms with van der Waals surface area (Å²) in [5, 5.41) is 13.4. The van der Waals surface area contributed by atoms with Crippen molar-refractivity contribution in [1.82, 2.24) is 5.32 Å². The van der Waals surface area contributed by atoms with Crippen LogP contribution in [0.5, 0.6) is 0 Å². The van der Waals surface area contributed by atoms with Gasteiger partial charge in [-0.25, -0.2) is 0 Å². The fourth-order valence-electron chi connectivity index (χ4n) is 1.47. The normalized spacial score (nSPS) is 10.2. The number of nitro benzene ring substituents is 1. The number of hydrogen-bond acceptors (Lipinski definition) is 4. The summed E-state index contributed by atoms with van der Waals surface area (Å²) < 4.78 is 0.555. The molecular formula is C12H15BrN2O3S. The van der Waals surface area contributed by atoms with E-state index >= 15 is 0 Å². The van der Waals surface area contributed by atoms with Crippen molar-refractivity contribution >= 4 is 39.3 Å². The fourth-order valence-corrected chi connectivity index (χ4v) is 2.39. The summed E-state index contributed by atoms with van der Waals surface area (Å²) in [5.41, 5.74) is 0.204. The van der Waals surface area contributed by atoms with Crippen LogP contribution in [-0.4, -0.2) is 29.4 Å². The maximum absolute atomic E-state index is 11.9. The highest BCUT2D eigenvalue weighted by Gasteiger charge is 2.14. The summed E-state index contributed by atoms with van der Waals surface area (Å²) in [6, 6.07) is 4.15. The van der Waals surface area contributed by atoms with Crippen LogP contribution < -0.4 is 5.32 Å². The summed E-state index contributed by atoms with van der Waals surface area (Å²) >= 11 is 5.00. The number of hydrogen-bond donors (Lipinski definition) is 1. The number of amides is 1. The molecule has 104 valence electrons. The van der Waals surface area contributed by atoms with Crippen LogP contribution in [0.15, 0.2) is 22.7 Å². The van der Waals surface area contributed by atoms with E-state index in [0.29, 0.717) is 16.6 Å². The molecule has 0 aliphatic carbocycles. The molecule has 5 nitrogen and oxygen atoms in total. The van der Waals surface area contributed by atoms with Crippen LogP contribution >= 0.6 is 27.7 Å². The van der Waals surface area contributed by atoms with Crippen molar-refractivity contribution in [2.75, 3.05) is 18.6 Å². The number of non-ortho nitro benzene ring substituents is 1. The molecule has 1 amide bonds. The van der Waals surface area contributed by atoms with E-state index in [2.05, 4.69) is 21.2 Å². The number of thioether (sulfide) groups is 1. The van der Waals surface area contributed by atoms with Gasteiger partial charge in [0.15, 0.2) is 0 Å². The minimum absolute atomic E-state index is 0.0873.